The lowest BCUT2D eigenvalue weighted by atomic mass is 10.1. The Morgan fingerprint density at radius 1 is 1.10 bits per heavy atom. The number of hydrogen-bond donors (Lipinski definition) is 1. The van der Waals surface area contributed by atoms with E-state index in [1.165, 1.54) is 11.3 Å². The molecule has 0 spiro atoms. The molecule has 0 atom stereocenters. The van der Waals surface area contributed by atoms with Crippen molar-refractivity contribution >= 4 is 40.6 Å². The van der Waals surface area contributed by atoms with Crippen LogP contribution in [-0.2, 0) is 0 Å². The zero-order valence-electron chi connectivity index (χ0n) is 17.2. The van der Waals surface area contributed by atoms with Gasteiger partial charge in [-0.1, -0.05) is 0 Å². The van der Waals surface area contributed by atoms with Crippen molar-refractivity contribution in [1.82, 2.24) is 9.88 Å². The Kier molecular flexibility index (Phi) is 5.97. The number of thiazole rings is 1. The molecule has 0 aliphatic carbocycles. The molecule has 0 radical (unpaired) electrons. The second-order valence-electron chi connectivity index (χ2n) is 7.23. The molecule has 1 aromatic carbocycles. The quantitative estimate of drug-likeness (QED) is 0.631. The molecule has 6 nitrogen and oxygen atoms in total. The molecular weight excluding hydrogens is 418 g/mol. The van der Waals surface area contributed by atoms with Crippen molar-refractivity contribution < 1.29 is 14.0 Å². The van der Waals surface area contributed by atoms with Crippen molar-refractivity contribution in [2.24, 2.45) is 0 Å². The van der Waals surface area contributed by atoms with Gasteiger partial charge in [0, 0.05) is 35.8 Å². The number of carbonyl (C=O) groups excluding carboxylic acids is 2. The Balaban J connectivity index is 1.49. The highest BCUT2D eigenvalue weighted by Gasteiger charge is 2.21. The van der Waals surface area contributed by atoms with E-state index in [0.717, 1.165) is 35.9 Å². The average Bonchev–Trinajstić information content (AvgIpc) is 3.35. The Bertz CT molecular complexity index is 1100. The number of amides is 2. The fraction of sp³-hybridized carbons (Fsp3) is 0.318. The van der Waals surface area contributed by atoms with Crippen LogP contribution >= 0.6 is 23.1 Å². The zero-order valence-corrected chi connectivity index (χ0v) is 18.8. The lowest BCUT2D eigenvalue weighted by Gasteiger charge is -2.26. The number of aryl methyl sites for hydroxylation is 3. The first-order valence-corrected chi connectivity index (χ1v) is 11.7. The van der Waals surface area contributed by atoms with Gasteiger partial charge < -0.3 is 14.6 Å². The van der Waals surface area contributed by atoms with E-state index in [4.69, 9.17) is 4.42 Å². The predicted octanol–water partition coefficient (Wildman–Crippen LogP) is 4.77. The van der Waals surface area contributed by atoms with Crippen LogP contribution in [-0.4, -0.2) is 46.3 Å². The van der Waals surface area contributed by atoms with Crippen LogP contribution in [0.25, 0.3) is 10.8 Å². The number of hydrogen-bond acceptors (Lipinski definition) is 6. The van der Waals surface area contributed by atoms with Crippen molar-refractivity contribution in [3.8, 4) is 10.8 Å². The van der Waals surface area contributed by atoms with Gasteiger partial charge >= 0.3 is 0 Å². The molecule has 3 heterocycles. The van der Waals surface area contributed by atoms with Crippen LogP contribution < -0.4 is 5.32 Å². The normalized spacial score (nSPS) is 14.0. The van der Waals surface area contributed by atoms with E-state index in [-0.39, 0.29) is 11.8 Å². The third-order valence-electron chi connectivity index (χ3n) is 4.97. The molecule has 0 saturated carbocycles. The van der Waals surface area contributed by atoms with E-state index in [2.05, 4.69) is 10.3 Å². The van der Waals surface area contributed by atoms with E-state index in [1.807, 2.05) is 55.6 Å². The minimum Gasteiger partial charge on any atom is -0.459 e. The number of nitrogens with one attached hydrogen (secondary N) is 1. The van der Waals surface area contributed by atoms with Gasteiger partial charge in [0.05, 0.1) is 5.69 Å². The third-order valence-corrected chi connectivity index (χ3v) is 7.09. The average molecular weight is 442 g/mol. The molecule has 3 aromatic rings. The maximum Gasteiger partial charge on any atom is 0.267 e. The maximum absolute atomic E-state index is 12.9. The van der Waals surface area contributed by atoms with Crippen LogP contribution in [0.5, 0.6) is 0 Å². The van der Waals surface area contributed by atoms with E-state index < -0.39 is 0 Å². The van der Waals surface area contributed by atoms with Crippen LogP contribution in [0, 0.1) is 20.8 Å². The number of carbonyl (C=O) groups is 2. The number of aromatic nitrogens is 1. The third kappa shape index (κ3) is 4.29. The highest BCUT2D eigenvalue weighted by atomic mass is 32.2. The number of thioether (sulfide) groups is 1. The molecule has 0 unspecified atom stereocenters. The summed E-state index contributed by atoms with van der Waals surface area (Å²) in [6.45, 7) is 7.15. The van der Waals surface area contributed by atoms with E-state index >= 15 is 0 Å². The lowest BCUT2D eigenvalue weighted by Crippen LogP contribution is -2.37. The summed E-state index contributed by atoms with van der Waals surface area (Å²) in [6.07, 6.45) is 0. The summed E-state index contributed by atoms with van der Waals surface area (Å²) in [5, 5.41) is 3.64. The monoisotopic (exact) mass is 441 g/mol. The molecule has 1 fully saturated rings. The van der Waals surface area contributed by atoms with Gasteiger partial charge in [0.15, 0.2) is 10.8 Å². The lowest BCUT2D eigenvalue weighted by molar-refractivity contribution is 0.0772. The van der Waals surface area contributed by atoms with Crippen LogP contribution in [0.3, 0.4) is 0 Å². The molecule has 1 N–H and O–H groups in total. The molecule has 156 valence electrons. The van der Waals surface area contributed by atoms with Crippen LogP contribution in [0.4, 0.5) is 5.69 Å². The van der Waals surface area contributed by atoms with E-state index in [1.54, 1.807) is 12.1 Å². The minimum absolute atomic E-state index is 0.0490. The van der Waals surface area contributed by atoms with Crippen LogP contribution in [0.2, 0.25) is 0 Å². The van der Waals surface area contributed by atoms with Crippen molar-refractivity contribution in [2.45, 2.75) is 20.8 Å². The van der Waals surface area contributed by atoms with Crippen LogP contribution in [0.15, 0.2) is 34.7 Å². The van der Waals surface area contributed by atoms with Gasteiger partial charge in [-0.3, -0.25) is 9.59 Å². The summed E-state index contributed by atoms with van der Waals surface area (Å²) < 4.78 is 5.62. The van der Waals surface area contributed by atoms with E-state index in [0.29, 0.717) is 32.6 Å². The van der Waals surface area contributed by atoms with Crippen molar-refractivity contribution in [3.05, 3.63) is 57.8 Å². The summed E-state index contributed by atoms with van der Waals surface area (Å²) in [5.74, 6) is 3.26. The van der Waals surface area contributed by atoms with Gasteiger partial charge in [0.2, 0.25) is 0 Å². The van der Waals surface area contributed by atoms with Crippen molar-refractivity contribution in [3.63, 3.8) is 0 Å². The summed E-state index contributed by atoms with van der Waals surface area (Å²) in [5.41, 5.74) is 2.86. The van der Waals surface area contributed by atoms with Crippen molar-refractivity contribution in [2.75, 3.05) is 29.9 Å². The summed E-state index contributed by atoms with van der Waals surface area (Å²) >= 11 is 3.18. The Hall–Kier alpha value is -2.58. The molecule has 4 rings (SSSR count). The highest BCUT2D eigenvalue weighted by Crippen LogP contribution is 2.30. The summed E-state index contributed by atoms with van der Waals surface area (Å²) in [7, 11) is 0. The molecular formula is C22H23N3O3S2. The number of anilines is 1. The second-order valence-corrected chi connectivity index (χ2v) is 9.46. The largest absolute Gasteiger partial charge is 0.459 e. The Labute approximate surface area is 183 Å². The van der Waals surface area contributed by atoms with Gasteiger partial charge in [-0.2, -0.15) is 11.8 Å². The number of rotatable bonds is 4. The second kappa shape index (κ2) is 8.65. The van der Waals surface area contributed by atoms with Crippen molar-refractivity contribution in [1.29, 1.82) is 0 Å². The zero-order chi connectivity index (χ0) is 21.3. The predicted molar refractivity (Wildman–Crippen MR) is 122 cm³/mol. The molecule has 1 aliphatic heterocycles. The summed E-state index contributed by atoms with van der Waals surface area (Å²) in [6, 6.07) is 9.16. The Morgan fingerprint density at radius 2 is 1.87 bits per heavy atom. The van der Waals surface area contributed by atoms with Gasteiger partial charge in [-0.25, -0.2) is 4.98 Å². The smallest absolute Gasteiger partial charge is 0.267 e. The topological polar surface area (TPSA) is 75.4 Å². The van der Waals surface area contributed by atoms with Gasteiger partial charge in [0.1, 0.15) is 10.6 Å². The Morgan fingerprint density at radius 3 is 2.53 bits per heavy atom. The minimum atomic E-state index is -0.213. The summed E-state index contributed by atoms with van der Waals surface area (Å²) in [4.78, 5) is 32.5. The molecule has 30 heavy (non-hydrogen) atoms. The number of nitrogens with zero attached hydrogens (tertiary/aromatic N) is 2. The SMILES string of the molecule is Cc1ccc(-c2nc(C)c(C(=O)Nc3ccc(C(=O)N4CCSCC4)cc3C)s2)o1. The first-order valence-electron chi connectivity index (χ1n) is 9.75. The molecule has 0 bridgehead atoms. The standard InChI is InChI=1S/C22H23N3O3S2/c1-13-12-16(22(27)25-8-10-29-11-9-25)5-6-17(13)24-20(26)19-15(3)23-21(30-19)18-7-4-14(2)28-18/h4-7,12H,8-11H2,1-3H3,(H,24,26). The van der Waals surface area contributed by atoms with Crippen LogP contribution in [0.1, 0.15) is 37.0 Å². The molecule has 2 amide bonds. The maximum atomic E-state index is 12.9. The number of benzene rings is 1. The molecule has 1 saturated heterocycles. The van der Waals surface area contributed by atoms with Gasteiger partial charge in [0.25, 0.3) is 11.8 Å². The van der Waals surface area contributed by atoms with Gasteiger partial charge in [-0.05, 0) is 56.7 Å². The molecule has 1 aliphatic rings. The first-order chi connectivity index (χ1) is 14.4. The first kappa shape index (κ1) is 20.7. The van der Waals surface area contributed by atoms with Gasteiger partial charge in [-0.15, -0.1) is 11.3 Å². The fourth-order valence-electron chi connectivity index (χ4n) is 3.33. The number of furan rings is 1. The molecule has 8 heteroatoms. The fourth-order valence-corrected chi connectivity index (χ4v) is 5.15. The molecule has 2 aromatic heterocycles. The van der Waals surface area contributed by atoms with E-state index in [9.17, 15) is 9.59 Å². The highest BCUT2D eigenvalue weighted by molar-refractivity contribution is 7.99.